The van der Waals surface area contributed by atoms with E-state index in [2.05, 4.69) is 125 Å². The maximum absolute atomic E-state index is 12.0. The molecule has 0 saturated heterocycles. The normalized spacial score (nSPS) is 20.6. The number of methoxy groups -OCH3 is 1. The Kier molecular flexibility index (Phi) is 16.9. The van der Waals surface area contributed by atoms with Gasteiger partial charge in [0.1, 0.15) is 29.0 Å². The zero-order chi connectivity index (χ0) is 56.3. The van der Waals surface area contributed by atoms with Crippen molar-refractivity contribution in [1.29, 1.82) is 0 Å². The predicted octanol–water partition coefficient (Wildman–Crippen LogP) is 10.3. The number of aryl methyl sites for hydroxylation is 3. The van der Waals surface area contributed by atoms with Crippen LogP contribution in [0.15, 0.2) is 121 Å². The fourth-order valence-corrected chi connectivity index (χ4v) is 13.7. The summed E-state index contributed by atoms with van der Waals surface area (Å²) < 4.78 is 28.1. The Morgan fingerprint density at radius 3 is 2.38 bits per heavy atom. The van der Waals surface area contributed by atoms with E-state index in [1.54, 1.807) is 7.11 Å². The monoisotopic (exact) mass is 1100 g/mol. The molecule has 7 aromatic rings. The topological polar surface area (TPSA) is 182 Å². The summed E-state index contributed by atoms with van der Waals surface area (Å²) in [4.78, 5) is 3.41. The average Bonchev–Trinajstić information content (AvgIpc) is 4.09. The lowest BCUT2D eigenvalue weighted by Crippen LogP contribution is -2.56. The average molecular weight is 1100 g/mol. The van der Waals surface area contributed by atoms with Gasteiger partial charge in [-0.2, -0.15) is 0 Å². The van der Waals surface area contributed by atoms with Crippen LogP contribution in [-0.2, 0) is 43.3 Å². The standard InChI is InChI=1S/C68H81N5O8/c1-42(2)34-67(3,77)38-71-40-72-39-68(79-41-69-4)35-56-53-33-55-60(46-20-24-57-45(29-46)26-28-73-57)49(36-70-27-12-17-43-13-8-6-9-14-43)31-54-58(75)25-23-51(61(54)55)62(53)65-52(22-21-50(37-74)80-65)64(56)81-66(68)48-30-47(63(76)59(32-48)78-5)19-18-44-15-10-7-11-16-44/h6-11,13-16,20,23-26,28-32,42,50,55,60,66,69-77H,12,17-19,21-22,27,33-41H2,1-5H3/t50-,55+,60+,66+,67-,68-/m0/s1. The molecule has 426 valence electrons. The van der Waals surface area contributed by atoms with Gasteiger partial charge in [-0.25, -0.2) is 0 Å². The number of rotatable bonds is 24. The Hall–Kier alpha value is -6.68. The van der Waals surface area contributed by atoms with Crippen molar-refractivity contribution >= 4 is 17.0 Å². The van der Waals surface area contributed by atoms with Crippen molar-refractivity contribution in [1.82, 2.24) is 26.3 Å². The van der Waals surface area contributed by atoms with E-state index in [-0.39, 0.29) is 36.7 Å². The highest BCUT2D eigenvalue weighted by Gasteiger charge is 2.51. The largest absolute Gasteiger partial charge is 0.507 e. The summed E-state index contributed by atoms with van der Waals surface area (Å²) in [5.74, 6) is 2.33. The number of H-pyrrole nitrogens is 1. The molecule has 0 bridgehead atoms. The number of hydrogen-bond donors (Lipinski definition) is 9. The van der Waals surface area contributed by atoms with E-state index in [0.717, 1.165) is 91.7 Å². The first-order valence-corrected chi connectivity index (χ1v) is 29.3. The number of fused-ring (bicyclic) bond motifs is 8. The van der Waals surface area contributed by atoms with E-state index in [1.807, 2.05) is 50.5 Å². The van der Waals surface area contributed by atoms with E-state index >= 15 is 0 Å². The summed E-state index contributed by atoms with van der Waals surface area (Å²) in [6.07, 6.45) is 9.21. The lowest BCUT2D eigenvalue weighted by atomic mass is 9.62. The molecule has 0 radical (unpaired) electrons. The highest BCUT2D eigenvalue weighted by Crippen LogP contribution is 2.61. The van der Waals surface area contributed by atoms with Crippen molar-refractivity contribution in [2.45, 2.75) is 114 Å². The number of phenolic OH excluding ortho intramolecular Hbond substituents is 2. The van der Waals surface area contributed by atoms with Crippen LogP contribution in [-0.4, -0.2) is 103 Å². The molecule has 0 fully saturated rings. The van der Waals surface area contributed by atoms with Gasteiger partial charge in [-0.3, -0.25) is 5.32 Å². The van der Waals surface area contributed by atoms with E-state index in [0.29, 0.717) is 88.7 Å². The second kappa shape index (κ2) is 24.4. The zero-order valence-corrected chi connectivity index (χ0v) is 47.7. The van der Waals surface area contributed by atoms with E-state index in [1.165, 1.54) is 16.7 Å². The Labute approximate surface area is 477 Å². The molecule has 0 unspecified atom stereocenters. The third kappa shape index (κ3) is 11.7. The van der Waals surface area contributed by atoms with Gasteiger partial charge in [0, 0.05) is 72.6 Å². The Bertz CT molecular complexity index is 3360. The number of phenols is 2. The highest BCUT2D eigenvalue weighted by molar-refractivity contribution is 5.90. The van der Waals surface area contributed by atoms with Crippen LogP contribution < -0.4 is 35.5 Å². The van der Waals surface area contributed by atoms with Crippen LogP contribution in [0.3, 0.4) is 0 Å². The number of aromatic amines is 1. The minimum atomic E-state index is -1.07. The van der Waals surface area contributed by atoms with Crippen molar-refractivity contribution in [2.24, 2.45) is 5.92 Å². The molecular formula is C68H81N5O8. The Balaban J connectivity index is 1.05. The summed E-state index contributed by atoms with van der Waals surface area (Å²) >= 11 is 0. The van der Waals surface area contributed by atoms with Gasteiger partial charge in [0.15, 0.2) is 17.6 Å². The molecule has 6 atom stereocenters. The molecule has 2 aliphatic heterocycles. The van der Waals surface area contributed by atoms with Crippen molar-refractivity contribution in [2.75, 3.05) is 60.3 Å². The van der Waals surface area contributed by atoms with Gasteiger partial charge in [0.05, 0.1) is 26.0 Å². The van der Waals surface area contributed by atoms with Gasteiger partial charge in [0.2, 0.25) is 0 Å². The molecule has 9 N–H and O–H groups in total. The van der Waals surface area contributed by atoms with Crippen molar-refractivity contribution < 1.29 is 39.4 Å². The molecule has 0 spiro atoms. The van der Waals surface area contributed by atoms with E-state index in [9.17, 15) is 20.4 Å². The molecule has 6 aromatic carbocycles. The van der Waals surface area contributed by atoms with Crippen LogP contribution in [0.5, 0.6) is 28.7 Å². The van der Waals surface area contributed by atoms with Crippen LogP contribution in [0, 0.1) is 5.92 Å². The maximum Gasteiger partial charge on any atom is 0.161 e. The minimum Gasteiger partial charge on any atom is -0.507 e. The molecule has 3 heterocycles. The lowest BCUT2D eigenvalue weighted by Gasteiger charge is -2.48. The zero-order valence-electron chi connectivity index (χ0n) is 47.7. The number of hydrogen-bond acceptors (Lipinski definition) is 12. The number of ether oxygens (including phenoxy) is 4. The number of aromatic hydroxyl groups is 2. The third-order valence-electron chi connectivity index (χ3n) is 17.3. The van der Waals surface area contributed by atoms with Crippen LogP contribution >= 0.6 is 0 Å². The molecule has 1 aromatic heterocycles. The minimum absolute atomic E-state index is 0.0631. The smallest absolute Gasteiger partial charge is 0.161 e. The Morgan fingerprint density at radius 2 is 1.63 bits per heavy atom. The van der Waals surface area contributed by atoms with Crippen molar-refractivity contribution in [3.05, 3.63) is 177 Å². The first kappa shape index (κ1) is 56.2. The number of benzene rings is 6. The highest BCUT2D eigenvalue weighted by atomic mass is 16.6. The number of aliphatic hydroxyl groups excluding tert-OH is 1. The molecule has 81 heavy (non-hydrogen) atoms. The Morgan fingerprint density at radius 1 is 0.840 bits per heavy atom. The molecular weight excluding hydrogens is 1010 g/mol. The van der Waals surface area contributed by atoms with Crippen LogP contribution in [0.25, 0.3) is 28.1 Å². The van der Waals surface area contributed by atoms with Gasteiger partial charge < -0.3 is 60.3 Å². The van der Waals surface area contributed by atoms with Gasteiger partial charge in [-0.15, -0.1) is 0 Å². The van der Waals surface area contributed by atoms with Crippen molar-refractivity contribution in [3.8, 4) is 39.9 Å². The van der Waals surface area contributed by atoms with E-state index in [4.69, 9.17) is 18.9 Å². The predicted molar refractivity (Wildman–Crippen MR) is 321 cm³/mol. The lowest BCUT2D eigenvalue weighted by molar-refractivity contribution is -0.129. The second-order valence-electron chi connectivity index (χ2n) is 23.7. The molecule has 2 aliphatic carbocycles. The van der Waals surface area contributed by atoms with Crippen LogP contribution in [0.4, 0.5) is 0 Å². The molecule has 0 amide bonds. The molecule has 4 aliphatic rings. The van der Waals surface area contributed by atoms with Crippen molar-refractivity contribution in [3.63, 3.8) is 0 Å². The van der Waals surface area contributed by atoms with Gasteiger partial charge in [-0.1, -0.05) is 86.6 Å². The number of aromatic nitrogens is 1. The number of aliphatic hydroxyl groups is 2. The SMILES string of the molecule is CNCO[C@]1(CNCNC[C@@](C)(O)CC(C)C)Cc2c3c(c4c(c2O[C@@H]1c1cc(CCc2ccccc2)c(O)c(OC)c1)CC[C@@H](CO)O4)-c1ccc(O)c2c1[C@H](C3)[C@H](c1ccc3[nH]ccc3c1)C(CNCCCc1ccccc1)=C2. The molecule has 13 heteroatoms. The summed E-state index contributed by atoms with van der Waals surface area (Å²) in [6.45, 7) is 8.81. The number of nitrogens with one attached hydrogen (secondary N) is 5. The first-order chi connectivity index (χ1) is 39.4. The summed E-state index contributed by atoms with van der Waals surface area (Å²) in [7, 11) is 3.47. The van der Waals surface area contributed by atoms with Crippen LogP contribution in [0.1, 0.15) is 114 Å². The van der Waals surface area contributed by atoms with Crippen LogP contribution in [0.2, 0.25) is 0 Å². The van der Waals surface area contributed by atoms with Gasteiger partial charge in [-0.05, 0) is 182 Å². The molecule has 11 rings (SSSR count). The fraction of sp³-hybridized carbons (Fsp3) is 0.412. The summed E-state index contributed by atoms with van der Waals surface area (Å²) in [5, 5.41) is 61.5. The first-order valence-electron chi connectivity index (χ1n) is 29.3. The second-order valence-corrected chi connectivity index (χ2v) is 23.7. The summed E-state index contributed by atoms with van der Waals surface area (Å²) in [6, 6.07) is 37.7. The summed E-state index contributed by atoms with van der Waals surface area (Å²) in [5.41, 5.74) is 12.5. The fourth-order valence-electron chi connectivity index (χ4n) is 13.7. The third-order valence-corrected chi connectivity index (χ3v) is 17.3. The van der Waals surface area contributed by atoms with Gasteiger partial charge >= 0.3 is 0 Å². The quantitative estimate of drug-likeness (QED) is 0.0207. The molecule has 0 saturated carbocycles. The maximum atomic E-state index is 12.0. The molecule has 13 nitrogen and oxygen atoms in total. The van der Waals surface area contributed by atoms with Gasteiger partial charge in [0.25, 0.3) is 0 Å². The van der Waals surface area contributed by atoms with E-state index < -0.39 is 23.4 Å².